The number of hydrogen-bond donors (Lipinski definition) is 1. The van der Waals surface area contributed by atoms with Gasteiger partial charge in [0.25, 0.3) is 17.7 Å². The fraction of sp³-hybridized carbons (Fsp3) is 0.167. The van der Waals surface area contributed by atoms with Crippen molar-refractivity contribution < 1.29 is 27.6 Å². The van der Waals surface area contributed by atoms with Gasteiger partial charge in [0, 0.05) is 18.7 Å². The summed E-state index contributed by atoms with van der Waals surface area (Å²) in [6, 6.07) is 8.27. The van der Waals surface area contributed by atoms with E-state index in [1.165, 1.54) is 12.1 Å². The normalized spacial score (nSPS) is 13.7. The van der Waals surface area contributed by atoms with E-state index in [1.54, 1.807) is 6.07 Å². The van der Waals surface area contributed by atoms with E-state index in [-0.39, 0.29) is 34.8 Å². The summed E-state index contributed by atoms with van der Waals surface area (Å²) in [4.78, 5) is 37.5. The maximum absolute atomic E-state index is 12.5. The van der Waals surface area contributed by atoms with E-state index in [4.69, 9.17) is 11.6 Å². The minimum absolute atomic E-state index is 0.0356. The van der Waals surface area contributed by atoms with E-state index in [1.807, 2.05) is 0 Å². The first kappa shape index (κ1) is 18.9. The number of alkyl halides is 3. The van der Waals surface area contributed by atoms with E-state index in [0.29, 0.717) is 0 Å². The van der Waals surface area contributed by atoms with Gasteiger partial charge in [0.05, 0.1) is 21.7 Å². The van der Waals surface area contributed by atoms with Crippen LogP contribution in [0.4, 0.5) is 13.2 Å². The van der Waals surface area contributed by atoms with Crippen LogP contribution in [0, 0.1) is 0 Å². The predicted molar refractivity (Wildman–Crippen MR) is 90.6 cm³/mol. The number of nitrogens with zero attached hydrogens (tertiary/aromatic N) is 1. The Kier molecular flexibility index (Phi) is 4.93. The number of carbonyl (C=O) groups is 3. The highest BCUT2D eigenvalue weighted by Gasteiger charge is 2.36. The lowest BCUT2D eigenvalue weighted by Crippen LogP contribution is -2.38. The Morgan fingerprint density at radius 1 is 1.04 bits per heavy atom. The van der Waals surface area contributed by atoms with E-state index >= 15 is 0 Å². The highest BCUT2D eigenvalue weighted by molar-refractivity contribution is 6.37. The zero-order valence-corrected chi connectivity index (χ0v) is 14.4. The van der Waals surface area contributed by atoms with Crippen LogP contribution in [0.3, 0.4) is 0 Å². The maximum atomic E-state index is 12.5. The van der Waals surface area contributed by atoms with Crippen LogP contribution in [-0.4, -0.2) is 35.7 Å². The number of nitrogens with one attached hydrogen (secondary N) is 1. The van der Waals surface area contributed by atoms with Crippen LogP contribution in [0.15, 0.2) is 42.5 Å². The van der Waals surface area contributed by atoms with E-state index in [9.17, 15) is 27.6 Å². The van der Waals surface area contributed by atoms with Crippen molar-refractivity contribution in [1.82, 2.24) is 10.2 Å². The van der Waals surface area contributed by atoms with Gasteiger partial charge in [0.1, 0.15) is 0 Å². The topological polar surface area (TPSA) is 66.5 Å². The molecule has 5 nitrogen and oxygen atoms in total. The quantitative estimate of drug-likeness (QED) is 0.806. The van der Waals surface area contributed by atoms with Gasteiger partial charge >= 0.3 is 6.18 Å². The number of halogens is 4. The Balaban J connectivity index is 1.60. The molecule has 0 atom stereocenters. The van der Waals surface area contributed by atoms with Crippen LogP contribution in [0.25, 0.3) is 0 Å². The molecule has 0 saturated heterocycles. The van der Waals surface area contributed by atoms with Crippen LogP contribution in [0.2, 0.25) is 5.02 Å². The van der Waals surface area contributed by atoms with E-state index < -0.39 is 29.5 Å². The summed E-state index contributed by atoms with van der Waals surface area (Å²) >= 11 is 5.95. The Morgan fingerprint density at radius 2 is 1.70 bits per heavy atom. The molecule has 0 aromatic heterocycles. The summed E-state index contributed by atoms with van der Waals surface area (Å²) in [7, 11) is 0. The summed E-state index contributed by atoms with van der Waals surface area (Å²) in [6.07, 6.45) is -4.48. The largest absolute Gasteiger partial charge is 0.416 e. The molecule has 0 saturated carbocycles. The smallest absolute Gasteiger partial charge is 0.350 e. The van der Waals surface area contributed by atoms with Crippen LogP contribution in [-0.2, 0) is 6.18 Å². The molecular weight excluding hydrogens is 385 g/mol. The van der Waals surface area contributed by atoms with Crippen molar-refractivity contribution >= 4 is 29.3 Å². The molecule has 0 radical (unpaired) electrons. The molecule has 27 heavy (non-hydrogen) atoms. The summed E-state index contributed by atoms with van der Waals surface area (Å²) in [5.41, 5.74) is -0.504. The standard InChI is InChI=1S/C18H12ClF3N2O3/c19-13-3-1-2-12-14(13)17(27)24(16(12)26)9-8-23-15(25)10-4-6-11(7-5-10)18(20,21)22/h1-7H,8-9H2,(H,23,25). The first-order valence-electron chi connectivity index (χ1n) is 7.80. The number of amides is 3. The molecule has 140 valence electrons. The molecule has 1 aliphatic heterocycles. The minimum atomic E-state index is -4.48. The first-order valence-corrected chi connectivity index (χ1v) is 8.18. The first-order chi connectivity index (χ1) is 12.7. The molecule has 1 N–H and O–H groups in total. The zero-order valence-electron chi connectivity index (χ0n) is 13.6. The van der Waals surface area contributed by atoms with Gasteiger partial charge in [-0.2, -0.15) is 13.2 Å². The van der Waals surface area contributed by atoms with Gasteiger partial charge < -0.3 is 5.32 Å². The van der Waals surface area contributed by atoms with Crippen LogP contribution >= 0.6 is 11.6 Å². The van der Waals surface area contributed by atoms with E-state index in [0.717, 1.165) is 29.2 Å². The van der Waals surface area contributed by atoms with Gasteiger partial charge in [-0.3, -0.25) is 19.3 Å². The number of imide groups is 1. The Hall–Kier alpha value is -2.87. The molecule has 3 rings (SSSR count). The second kappa shape index (κ2) is 7.03. The summed E-state index contributed by atoms with van der Waals surface area (Å²) in [5.74, 6) is -1.68. The van der Waals surface area contributed by atoms with Gasteiger partial charge in [-0.05, 0) is 36.4 Å². The molecule has 1 heterocycles. The third kappa shape index (κ3) is 3.66. The summed E-state index contributed by atoms with van der Waals surface area (Å²) in [6.45, 7) is -0.141. The van der Waals surface area contributed by atoms with Gasteiger partial charge in [-0.15, -0.1) is 0 Å². The molecule has 0 fully saturated rings. The third-order valence-electron chi connectivity index (χ3n) is 4.04. The number of hydrogen-bond acceptors (Lipinski definition) is 3. The van der Waals surface area contributed by atoms with Crippen molar-refractivity contribution in [3.05, 3.63) is 69.7 Å². The zero-order chi connectivity index (χ0) is 19.8. The number of carbonyl (C=O) groups excluding carboxylic acids is 3. The molecule has 0 aliphatic carbocycles. The van der Waals surface area contributed by atoms with Crippen molar-refractivity contribution in [3.63, 3.8) is 0 Å². The molecule has 2 aromatic rings. The SMILES string of the molecule is O=C(NCCN1C(=O)c2cccc(Cl)c2C1=O)c1ccc(C(F)(F)F)cc1. The van der Waals surface area contributed by atoms with Gasteiger partial charge in [-0.25, -0.2) is 0 Å². The molecule has 2 aromatic carbocycles. The van der Waals surface area contributed by atoms with Crippen molar-refractivity contribution in [2.24, 2.45) is 0 Å². The lowest BCUT2D eigenvalue weighted by molar-refractivity contribution is -0.137. The van der Waals surface area contributed by atoms with Crippen LogP contribution < -0.4 is 5.32 Å². The summed E-state index contributed by atoms with van der Waals surface area (Å²) < 4.78 is 37.6. The van der Waals surface area contributed by atoms with E-state index in [2.05, 4.69) is 5.32 Å². The predicted octanol–water partition coefficient (Wildman–Crippen LogP) is 3.38. The monoisotopic (exact) mass is 396 g/mol. The van der Waals surface area contributed by atoms with Crippen molar-refractivity contribution in [2.45, 2.75) is 6.18 Å². The van der Waals surface area contributed by atoms with Crippen LogP contribution in [0.5, 0.6) is 0 Å². The molecule has 3 amide bonds. The average Bonchev–Trinajstić information content (AvgIpc) is 2.87. The van der Waals surface area contributed by atoms with Gasteiger partial charge in [-0.1, -0.05) is 17.7 Å². The second-order valence-electron chi connectivity index (χ2n) is 5.76. The highest BCUT2D eigenvalue weighted by Crippen LogP contribution is 2.29. The third-order valence-corrected chi connectivity index (χ3v) is 4.36. The van der Waals surface area contributed by atoms with Crippen molar-refractivity contribution in [3.8, 4) is 0 Å². The van der Waals surface area contributed by atoms with Crippen molar-refractivity contribution in [2.75, 3.05) is 13.1 Å². The van der Waals surface area contributed by atoms with Crippen molar-refractivity contribution in [1.29, 1.82) is 0 Å². The molecule has 0 unspecified atom stereocenters. The van der Waals surface area contributed by atoms with Crippen LogP contribution in [0.1, 0.15) is 36.6 Å². The van der Waals surface area contributed by atoms with Gasteiger partial charge in [0.15, 0.2) is 0 Å². The maximum Gasteiger partial charge on any atom is 0.416 e. The number of fused-ring (bicyclic) bond motifs is 1. The fourth-order valence-corrected chi connectivity index (χ4v) is 2.94. The summed E-state index contributed by atoms with van der Waals surface area (Å²) in [5, 5.41) is 2.64. The van der Waals surface area contributed by atoms with Gasteiger partial charge in [0.2, 0.25) is 0 Å². The highest BCUT2D eigenvalue weighted by atomic mass is 35.5. The Morgan fingerprint density at radius 3 is 2.30 bits per heavy atom. The molecule has 1 aliphatic rings. The fourth-order valence-electron chi connectivity index (χ4n) is 2.69. The number of benzene rings is 2. The lowest BCUT2D eigenvalue weighted by atomic mass is 10.1. The Bertz CT molecular complexity index is 926. The molecule has 0 spiro atoms. The molecule has 0 bridgehead atoms. The lowest BCUT2D eigenvalue weighted by Gasteiger charge is -2.14. The molecule has 9 heteroatoms. The Labute approximate surface area is 156 Å². The average molecular weight is 397 g/mol. The number of rotatable bonds is 4. The second-order valence-corrected chi connectivity index (χ2v) is 6.16. The molecular formula is C18H12ClF3N2O3. The minimum Gasteiger partial charge on any atom is -0.350 e.